The highest BCUT2D eigenvalue weighted by Gasteiger charge is 2.46. The summed E-state index contributed by atoms with van der Waals surface area (Å²) in [6.45, 7) is 67.3. The number of pyridine rings is 1. The molecule has 0 radical (unpaired) electrons. The zero-order valence-electron chi connectivity index (χ0n) is 90.4. The van der Waals surface area contributed by atoms with E-state index in [2.05, 4.69) is 198 Å². The third-order valence-corrected chi connectivity index (χ3v) is 36.1. The summed E-state index contributed by atoms with van der Waals surface area (Å²) in [5.41, 5.74) is 2.06. The fourth-order valence-corrected chi connectivity index (χ4v) is 24.3. The molecule has 1 N–H and O–H groups in total. The van der Waals surface area contributed by atoms with E-state index >= 15 is 0 Å². The van der Waals surface area contributed by atoms with E-state index in [1.54, 1.807) is 13.3 Å². The van der Waals surface area contributed by atoms with Crippen molar-refractivity contribution in [1.82, 2.24) is 53.4 Å². The van der Waals surface area contributed by atoms with Gasteiger partial charge in [-0.2, -0.15) is 5.26 Å². The third kappa shape index (κ3) is 43.9. The van der Waals surface area contributed by atoms with Crippen LogP contribution in [-0.2, 0) is 79.0 Å². The molecule has 4 amide bonds. The molecule has 2 unspecified atom stereocenters. The van der Waals surface area contributed by atoms with Gasteiger partial charge in [0.1, 0.15) is 22.5 Å². The number of sulfonamides is 1. The first-order valence-electron chi connectivity index (χ1n) is 53.1. The van der Waals surface area contributed by atoms with E-state index in [-0.39, 0.29) is 65.0 Å². The average molecular weight is 1980 g/mol. The zero-order chi connectivity index (χ0) is 101. The van der Waals surface area contributed by atoms with Gasteiger partial charge in [-0.3, -0.25) is 43.8 Å². The quantitative estimate of drug-likeness (QED) is 0.127. The van der Waals surface area contributed by atoms with Crippen molar-refractivity contribution < 1.29 is 68.5 Å². The van der Waals surface area contributed by atoms with Crippen LogP contribution in [0.4, 0.5) is 0 Å². The van der Waals surface area contributed by atoms with Crippen LogP contribution in [0.3, 0.4) is 0 Å². The summed E-state index contributed by atoms with van der Waals surface area (Å²) in [6.07, 6.45) is 25.2. The van der Waals surface area contributed by atoms with Gasteiger partial charge in [-0.05, 0) is 262 Å². The van der Waals surface area contributed by atoms with Gasteiger partial charge in [0, 0.05) is 142 Å². The lowest BCUT2D eigenvalue weighted by Crippen LogP contribution is -2.63. The molecule has 0 bridgehead atoms. The van der Waals surface area contributed by atoms with Crippen molar-refractivity contribution in [2.45, 2.75) is 296 Å². The number of carbonyl (C=O) groups is 4. The van der Waals surface area contributed by atoms with E-state index in [9.17, 15) is 44.4 Å². The van der Waals surface area contributed by atoms with Crippen molar-refractivity contribution >= 4 is 53.3 Å². The fraction of sp³-hybridized carbons (Fsp3) is 0.906. The van der Waals surface area contributed by atoms with E-state index in [0.717, 1.165) is 278 Å². The number of nitriles is 1. The largest absolute Gasteiger partial charge is 0.395 e. The smallest absolute Gasteiger partial charge is 0.248 e. The summed E-state index contributed by atoms with van der Waals surface area (Å²) in [5, 5.41) is 17.6. The Hall–Kier alpha value is -4.07. The fourth-order valence-electron chi connectivity index (χ4n) is 20.8. The number of piperidine rings is 7. The highest BCUT2D eigenvalue weighted by atomic mass is 32.2. The lowest BCUT2D eigenvalue weighted by atomic mass is 9.77. The number of likely N-dealkylation sites (tertiary alicyclic amines) is 6. The molecule has 136 heavy (non-hydrogen) atoms. The molecule has 1 aromatic rings. The molecule has 0 spiro atoms. The number of morpholine rings is 1. The minimum atomic E-state index is -3.20. The summed E-state index contributed by atoms with van der Waals surface area (Å²) in [6, 6.07) is 6.14. The monoisotopic (exact) mass is 1980 g/mol. The van der Waals surface area contributed by atoms with E-state index in [4.69, 9.17) is 29.3 Å². The molecule has 0 aromatic carbocycles. The Labute approximate surface area is 829 Å². The predicted molar refractivity (Wildman–Crippen MR) is 554 cm³/mol. The Kier molecular flexibility index (Phi) is 54.6. The Morgan fingerprint density at radius 3 is 1.29 bits per heavy atom. The number of amides is 4. The number of hydrogen-bond donors (Lipinski definition) is 1. The second-order valence-corrected chi connectivity index (χ2v) is 52.9. The first-order chi connectivity index (χ1) is 63.8. The standard InChI is InChI=1S/C15H29N3O.C15H28N2O.C14H26N2O2.C13H22N2O.C11H17NO2S.C11H21NO2.C10H21NO3S.C9H18O2S.C8H16O/c1-13(2)14-4-6-18(7-5-14)15(19)12-17-10-8-16(3)9-11-17;1-12(2)13-7-10-17(11-8-13)15(18)14-6-4-5-9-16(14)3;1-11(2)12-4-6-16(7-5-12)14(17)13-10-18-9-8-15(13)3;1-11(2)12-3-7-15(8-4-12)13(5-6-14)9-16-10-13;1-11(2,3)10-6-5-9(7-12-10)8-15(4,13)14;1-9(2)10-4-6-12(7-5-10)11(13)8-14-3;1-9(2)10-3-5-11(6-4-10)15(13,14)8-7-12;1-9(2,3)8-4-6-12(10,11)7-5-8;1-7(2)8-4-3-5-9-6-8/h13-14H,4-12H2,1-3H3;12-14H,4-11H2,1-3H3;11-13H,4-10H2,1-3H3;11-12H,3-5,7-10H2,1-2H3;5-7H,8H2,1-4H3;9-10H,4-8H2,1-3H3;9-10,12H,3-8H2,1-2H3;8H,4-7H2,1-3H3;7-8H,3-6H2,1-2H3/t;;;;;;;;8-/m........0/s1. The third-order valence-electron chi connectivity index (χ3n) is 31.6. The van der Waals surface area contributed by atoms with Crippen LogP contribution >= 0.6 is 0 Å². The molecule has 13 heterocycles. The van der Waals surface area contributed by atoms with Crippen molar-refractivity contribution in [3.8, 4) is 6.07 Å². The van der Waals surface area contributed by atoms with Gasteiger partial charge >= 0.3 is 0 Å². The number of rotatable bonds is 20. The van der Waals surface area contributed by atoms with Crippen LogP contribution in [0, 0.1) is 106 Å². The predicted octanol–water partition coefficient (Wildman–Crippen LogP) is 14.8. The van der Waals surface area contributed by atoms with Crippen LogP contribution in [0.1, 0.15) is 278 Å². The topological polar surface area (TPSA) is 297 Å². The molecule has 13 rings (SSSR count). The first kappa shape index (κ1) is 122. The normalized spacial score (nSPS) is 23.7. The summed E-state index contributed by atoms with van der Waals surface area (Å²) >= 11 is 0. The number of likely N-dealkylation sites (N-methyl/N-ethyl adjacent to an activating group) is 3. The number of carbonyl (C=O) groups excluding carboxylic acids is 4. The Morgan fingerprint density at radius 1 is 0.507 bits per heavy atom. The van der Waals surface area contributed by atoms with Crippen LogP contribution < -0.4 is 0 Å². The van der Waals surface area contributed by atoms with Crippen LogP contribution in [0.2, 0.25) is 0 Å². The van der Waals surface area contributed by atoms with Gasteiger partial charge in [-0.15, -0.1) is 0 Å². The van der Waals surface area contributed by atoms with Gasteiger partial charge in [0.05, 0.1) is 86.7 Å². The van der Waals surface area contributed by atoms with Gasteiger partial charge in [0.15, 0.2) is 9.84 Å². The zero-order valence-corrected chi connectivity index (χ0v) is 92.8. The lowest BCUT2D eigenvalue weighted by Gasteiger charge is -2.51. The Morgan fingerprint density at radius 2 is 0.934 bits per heavy atom. The van der Waals surface area contributed by atoms with Crippen LogP contribution in [0.25, 0.3) is 0 Å². The van der Waals surface area contributed by atoms with E-state index in [1.165, 1.54) is 74.8 Å². The molecule has 12 saturated heterocycles. The van der Waals surface area contributed by atoms with Gasteiger partial charge in [0.2, 0.25) is 33.7 Å². The van der Waals surface area contributed by atoms with Gasteiger partial charge in [-0.1, -0.05) is 151 Å². The summed E-state index contributed by atoms with van der Waals surface area (Å²) in [5.74, 6) is 13.2. The van der Waals surface area contributed by atoms with E-state index < -0.39 is 29.7 Å². The number of aliphatic hydroxyl groups is 1. The maximum Gasteiger partial charge on any atom is 0.248 e. The molecule has 3 atom stereocenters. The number of nitrogens with zero attached hydrogens (tertiary/aromatic N) is 12. The van der Waals surface area contributed by atoms with Gasteiger partial charge in [0.25, 0.3) is 0 Å². The highest BCUT2D eigenvalue weighted by molar-refractivity contribution is 7.91. The molecule has 30 heteroatoms. The molecular formula is C106H198N12O15S3. The minimum absolute atomic E-state index is 0.00359. The van der Waals surface area contributed by atoms with Gasteiger partial charge in [-0.25, -0.2) is 29.6 Å². The second-order valence-electron chi connectivity index (χ2n) is 46.3. The first-order valence-corrected chi connectivity index (χ1v) is 58.5. The lowest BCUT2D eigenvalue weighted by molar-refractivity contribution is -0.146. The number of sulfone groups is 2. The molecule has 12 aliphatic heterocycles. The Balaban J connectivity index is 0.000000272. The number of ether oxygens (including phenoxy) is 4. The van der Waals surface area contributed by atoms with Crippen LogP contribution in [-0.4, -0.2) is 354 Å². The molecule has 27 nitrogen and oxygen atoms in total. The molecule has 0 saturated carbocycles. The molecule has 790 valence electrons. The van der Waals surface area contributed by atoms with Gasteiger partial charge < -0.3 is 48.6 Å². The van der Waals surface area contributed by atoms with E-state index in [1.807, 2.05) is 29.0 Å². The summed E-state index contributed by atoms with van der Waals surface area (Å²) < 4.78 is 90.1. The Bertz CT molecular complexity index is 3830. The van der Waals surface area contributed by atoms with Crippen molar-refractivity contribution in [2.75, 3.05) is 229 Å². The highest BCUT2D eigenvalue weighted by Crippen LogP contribution is 2.38. The number of methoxy groups -OCH3 is 1. The molecule has 0 aliphatic carbocycles. The molecule has 12 aliphatic rings. The van der Waals surface area contributed by atoms with E-state index in [0.29, 0.717) is 73.7 Å². The number of piperazine rings is 1. The average Bonchev–Trinajstić information content (AvgIpc) is 0.777. The van der Waals surface area contributed by atoms with Crippen molar-refractivity contribution in [1.29, 1.82) is 5.26 Å². The molecule has 12 fully saturated rings. The van der Waals surface area contributed by atoms with Crippen LogP contribution in [0.15, 0.2) is 18.3 Å². The minimum Gasteiger partial charge on any atom is -0.395 e. The van der Waals surface area contributed by atoms with Crippen molar-refractivity contribution in [3.63, 3.8) is 0 Å². The van der Waals surface area contributed by atoms with Crippen molar-refractivity contribution in [3.05, 3.63) is 29.6 Å². The second kappa shape index (κ2) is 60.6. The summed E-state index contributed by atoms with van der Waals surface area (Å²) in [7, 11) is -1.00. The van der Waals surface area contributed by atoms with Crippen LogP contribution in [0.5, 0.6) is 0 Å². The SMILES string of the molecule is CC(C)(C)C1CCS(=O)(=O)CC1.CC(C)(C)c1ccc(CS(C)(=O)=O)cn1.CC(C)C1CCN(C(=O)C2CCCCN2C)CC1.CC(C)C1CCN(C(=O)C2COCCN2C)CC1.CC(C)C1CCN(C(=O)CN2CCN(C)CC2)CC1.CC(C)C1CCN(C2(CC#N)COC2)CC1.CC(C)C1CCN(S(=O)(=O)CCO)CC1.CC(C)[C@H]1CCCOC1.COCC(=O)N1CCC(C(C)C)CC1. The maximum atomic E-state index is 12.5. The summed E-state index contributed by atoms with van der Waals surface area (Å²) in [4.78, 5) is 72.7. The molecular weight excluding hydrogens is 1780 g/mol. The maximum absolute atomic E-state index is 12.5. The molecule has 1 aromatic heterocycles. The van der Waals surface area contributed by atoms with Crippen molar-refractivity contribution in [2.24, 2.45) is 94.2 Å². The number of aromatic nitrogens is 1. The number of hydrogen-bond acceptors (Lipinski definition) is 22. The number of aliphatic hydroxyl groups excluding tert-OH is 1.